The van der Waals surface area contributed by atoms with Gasteiger partial charge in [0.05, 0.1) is 24.7 Å². The number of aromatic nitrogens is 2. The Balaban J connectivity index is 1.66. The zero-order valence-corrected chi connectivity index (χ0v) is 20.5. The molecule has 0 aliphatic heterocycles. The van der Waals surface area contributed by atoms with Crippen LogP contribution in [-0.2, 0) is 11.3 Å². The van der Waals surface area contributed by atoms with E-state index < -0.39 is 5.25 Å². The molecule has 0 saturated heterocycles. The molecule has 1 heterocycles. The fraction of sp³-hybridized carbons (Fsp3) is 0.292. The van der Waals surface area contributed by atoms with Crippen LogP contribution in [0.4, 0.5) is 0 Å². The third-order valence-corrected chi connectivity index (χ3v) is 6.27. The summed E-state index contributed by atoms with van der Waals surface area (Å²) in [6.07, 6.45) is 0. The van der Waals surface area contributed by atoms with Crippen LogP contribution in [0.15, 0.2) is 58.4 Å². The van der Waals surface area contributed by atoms with Crippen molar-refractivity contribution in [2.24, 2.45) is 0 Å². The Morgan fingerprint density at radius 3 is 2.67 bits per heavy atom. The minimum atomic E-state index is -0.422. The van der Waals surface area contributed by atoms with Crippen LogP contribution in [0, 0.1) is 6.92 Å². The van der Waals surface area contributed by atoms with E-state index in [9.17, 15) is 9.59 Å². The van der Waals surface area contributed by atoms with Gasteiger partial charge in [-0.2, -0.15) is 9.78 Å². The highest BCUT2D eigenvalue weighted by Gasteiger charge is 2.16. The number of ether oxygens (including phenoxy) is 2. The molecular weight excluding hydrogens is 462 g/mol. The zero-order valence-electron chi connectivity index (χ0n) is 18.9. The van der Waals surface area contributed by atoms with Gasteiger partial charge in [0.25, 0.3) is 5.56 Å². The highest BCUT2D eigenvalue weighted by molar-refractivity contribution is 8.00. The van der Waals surface area contributed by atoms with Crippen LogP contribution in [0.25, 0.3) is 5.69 Å². The lowest BCUT2D eigenvalue weighted by atomic mass is 10.2. The van der Waals surface area contributed by atoms with Gasteiger partial charge in [-0.15, -0.1) is 0 Å². The number of aryl methyl sites for hydroxylation is 1. The lowest BCUT2D eigenvalue weighted by Gasteiger charge is -2.14. The van der Waals surface area contributed by atoms with Crippen LogP contribution in [0.5, 0.6) is 11.5 Å². The van der Waals surface area contributed by atoms with E-state index in [0.717, 1.165) is 11.1 Å². The third kappa shape index (κ3) is 6.30. The first-order valence-electron chi connectivity index (χ1n) is 10.4. The molecule has 0 aliphatic carbocycles. The van der Waals surface area contributed by atoms with Crippen molar-refractivity contribution in [2.45, 2.75) is 37.6 Å². The summed E-state index contributed by atoms with van der Waals surface area (Å²) in [6.45, 7) is 6.47. The highest BCUT2D eigenvalue weighted by Crippen LogP contribution is 2.28. The van der Waals surface area contributed by atoms with Crippen molar-refractivity contribution < 1.29 is 14.3 Å². The summed E-state index contributed by atoms with van der Waals surface area (Å²) in [4.78, 5) is 25.0. The molecule has 33 heavy (non-hydrogen) atoms. The first kappa shape index (κ1) is 24.7. The molecule has 0 bridgehead atoms. The van der Waals surface area contributed by atoms with Gasteiger partial charge < -0.3 is 14.8 Å². The van der Waals surface area contributed by atoms with E-state index in [1.54, 1.807) is 32.2 Å². The molecule has 0 fully saturated rings. The third-order valence-electron chi connectivity index (χ3n) is 4.84. The van der Waals surface area contributed by atoms with Crippen LogP contribution in [0.1, 0.15) is 25.0 Å². The molecule has 3 rings (SSSR count). The Bertz CT molecular complexity index is 1200. The van der Waals surface area contributed by atoms with E-state index in [2.05, 4.69) is 10.4 Å². The average Bonchev–Trinajstić information content (AvgIpc) is 2.81. The maximum atomic E-state index is 12.6. The number of thioether (sulfide) groups is 1. The second-order valence-electron chi connectivity index (χ2n) is 7.25. The summed E-state index contributed by atoms with van der Waals surface area (Å²) in [7, 11) is 1.58. The number of halogens is 1. The summed E-state index contributed by atoms with van der Waals surface area (Å²) in [5, 5.41) is 8.01. The molecule has 1 atom stereocenters. The van der Waals surface area contributed by atoms with Crippen LogP contribution in [0.2, 0.25) is 5.02 Å². The summed E-state index contributed by atoms with van der Waals surface area (Å²) in [5.41, 5.74) is 2.10. The molecule has 2 aromatic carbocycles. The van der Waals surface area contributed by atoms with Crippen molar-refractivity contribution in [1.29, 1.82) is 0 Å². The lowest BCUT2D eigenvalue weighted by Crippen LogP contribution is -2.30. The van der Waals surface area contributed by atoms with Gasteiger partial charge in [0, 0.05) is 17.6 Å². The molecule has 0 saturated carbocycles. The Morgan fingerprint density at radius 2 is 1.97 bits per heavy atom. The summed E-state index contributed by atoms with van der Waals surface area (Å²) >= 11 is 7.46. The van der Waals surface area contributed by atoms with Crippen LogP contribution in [0.3, 0.4) is 0 Å². The maximum Gasteiger partial charge on any atom is 0.271 e. The predicted octanol–water partition coefficient (Wildman–Crippen LogP) is 4.40. The van der Waals surface area contributed by atoms with Gasteiger partial charge in [-0.1, -0.05) is 35.5 Å². The fourth-order valence-electron chi connectivity index (χ4n) is 3.02. The number of rotatable bonds is 9. The first-order chi connectivity index (χ1) is 15.8. The van der Waals surface area contributed by atoms with Crippen LogP contribution >= 0.6 is 23.4 Å². The normalized spacial score (nSPS) is 11.7. The van der Waals surface area contributed by atoms with Crippen molar-refractivity contribution >= 4 is 29.3 Å². The minimum Gasteiger partial charge on any atom is -0.493 e. The second kappa shape index (κ2) is 11.2. The van der Waals surface area contributed by atoms with E-state index >= 15 is 0 Å². The van der Waals surface area contributed by atoms with E-state index in [0.29, 0.717) is 40.4 Å². The predicted molar refractivity (Wildman–Crippen MR) is 131 cm³/mol. The Hall–Kier alpha value is -2.97. The van der Waals surface area contributed by atoms with E-state index in [4.69, 9.17) is 21.1 Å². The number of nitrogens with zero attached hydrogens (tertiary/aromatic N) is 2. The molecule has 1 amide bonds. The average molecular weight is 488 g/mol. The van der Waals surface area contributed by atoms with Crippen molar-refractivity contribution in [2.75, 3.05) is 13.7 Å². The second-order valence-corrected chi connectivity index (χ2v) is 9.02. The molecule has 0 aliphatic rings. The van der Waals surface area contributed by atoms with Crippen molar-refractivity contribution in [1.82, 2.24) is 15.1 Å². The lowest BCUT2D eigenvalue weighted by molar-refractivity contribution is -0.120. The topological polar surface area (TPSA) is 82.5 Å². The zero-order chi connectivity index (χ0) is 24.0. The highest BCUT2D eigenvalue weighted by atomic mass is 35.5. The monoisotopic (exact) mass is 487 g/mol. The SMILES string of the molecule is CCOc1ccc(CNC(=O)[C@H](C)Sc2ccc(=O)n(-c3ccc(C)c(Cl)c3)n2)cc1OC. The fourth-order valence-corrected chi connectivity index (χ4v) is 4.02. The molecule has 1 N–H and O–H groups in total. The minimum absolute atomic E-state index is 0.147. The number of carbonyl (C=O) groups is 1. The number of hydrogen-bond donors (Lipinski definition) is 1. The smallest absolute Gasteiger partial charge is 0.271 e. The number of hydrogen-bond acceptors (Lipinski definition) is 6. The number of methoxy groups -OCH3 is 1. The molecule has 0 unspecified atom stereocenters. The molecular formula is C24H26ClN3O4S. The van der Waals surface area contributed by atoms with Gasteiger partial charge in [-0.3, -0.25) is 9.59 Å². The Morgan fingerprint density at radius 1 is 1.18 bits per heavy atom. The Kier molecular flexibility index (Phi) is 8.41. The molecule has 9 heteroatoms. The van der Waals surface area contributed by atoms with Gasteiger partial charge in [0.1, 0.15) is 5.03 Å². The van der Waals surface area contributed by atoms with Gasteiger partial charge in [0.15, 0.2) is 11.5 Å². The van der Waals surface area contributed by atoms with Crippen LogP contribution < -0.4 is 20.3 Å². The standard InChI is InChI=1S/C24H26ClN3O4S/c1-5-32-20-9-7-17(12-21(20)31-4)14-26-24(30)16(3)33-22-10-11-23(29)28(27-22)18-8-6-15(2)19(25)13-18/h6-13,16H,5,14H2,1-4H3,(H,26,30)/t16-/m0/s1. The molecule has 1 aromatic heterocycles. The summed E-state index contributed by atoms with van der Waals surface area (Å²) in [6, 6.07) is 13.9. The summed E-state index contributed by atoms with van der Waals surface area (Å²) in [5.74, 6) is 1.13. The van der Waals surface area contributed by atoms with E-state index in [-0.39, 0.29) is 11.5 Å². The summed E-state index contributed by atoms with van der Waals surface area (Å²) < 4.78 is 12.2. The number of benzene rings is 2. The quantitative estimate of drug-likeness (QED) is 0.450. The molecule has 3 aromatic rings. The van der Waals surface area contributed by atoms with Crippen molar-refractivity contribution in [3.05, 3.63) is 75.0 Å². The van der Waals surface area contributed by atoms with Gasteiger partial charge in [-0.25, -0.2) is 0 Å². The number of carbonyl (C=O) groups excluding carboxylic acids is 1. The molecule has 7 nitrogen and oxygen atoms in total. The molecule has 0 radical (unpaired) electrons. The van der Waals surface area contributed by atoms with Gasteiger partial charge in [0.2, 0.25) is 5.91 Å². The maximum absolute atomic E-state index is 12.6. The van der Waals surface area contributed by atoms with Crippen molar-refractivity contribution in [3.8, 4) is 17.2 Å². The number of nitrogens with one attached hydrogen (secondary N) is 1. The van der Waals surface area contributed by atoms with Crippen molar-refractivity contribution in [3.63, 3.8) is 0 Å². The van der Waals surface area contributed by atoms with Gasteiger partial charge in [-0.05, 0) is 62.2 Å². The van der Waals surface area contributed by atoms with Gasteiger partial charge >= 0.3 is 0 Å². The number of amides is 1. The van der Waals surface area contributed by atoms with Crippen LogP contribution in [-0.4, -0.2) is 34.7 Å². The first-order valence-corrected chi connectivity index (χ1v) is 11.7. The largest absolute Gasteiger partial charge is 0.493 e. The molecule has 174 valence electrons. The molecule has 0 spiro atoms. The Labute approximate surface area is 202 Å². The van der Waals surface area contributed by atoms with E-state index in [1.807, 2.05) is 38.1 Å². The van der Waals surface area contributed by atoms with E-state index in [1.165, 1.54) is 22.5 Å².